The fourth-order valence-corrected chi connectivity index (χ4v) is 14.6. The zero-order valence-corrected chi connectivity index (χ0v) is 32.4. The molecule has 1 aliphatic heterocycles. The molecule has 280 valence electrons. The first kappa shape index (κ1) is 35.1. The number of aliphatic hydroxyl groups is 3. The van der Waals surface area contributed by atoms with Crippen LogP contribution in [-0.2, 0) is 5.60 Å². The maximum absolute atomic E-state index is 15.2. The largest absolute Gasteiger partial charge is 0.393 e. The van der Waals surface area contributed by atoms with E-state index in [1.54, 1.807) is 11.3 Å². The number of rotatable bonds is 7. The van der Waals surface area contributed by atoms with Crippen LogP contribution in [0.15, 0.2) is 115 Å². The van der Waals surface area contributed by atoms with Gasteiger partial charge >= 0.3 is 0 Å². The van der Waals surface area contributed by atoms with Crippen LogP contribution in [0.4, 0.5) is 0 Å². The second-order valence-electron chi connectivity index (χ2n) is 18.4. The van der Waals surface area contributed by atoms with E-state index < -0.39 is 22.0 Å². The van der Waals surface area contributed by atoms with Gasteiger partial charge in [-0.05, 0) is 110 Å². The molecular weight excluding hydrogens is 687 g/mol. The van der Waals surface area contributed by atoms with E-state index in [-0.39, 0.29) is 40.6 Å². The number of carbonyl (C=O) groups excluding carboxylic acids is 1. The van der Waals surface area contributed by atoms with E-state index in [2.05, 4.69) is 55.2 Å². The summed E-state index contributed by atoms with van der Waals surface area (Å²) in [5.74, 6) is 0.462. The highest BCUT2D eigenvalue weighted by molar-refractivity contribution is 7.21. The maximum Gasteiger partial charge on any atom is 0.199 e. The number of nitrogens with zero attached hydrogens (tertiary/aromatic N) is 1. The number of hydrogen-bond acceptors (Lipinski definition) is 6. The van der Waals surface area contributed by atoms with Gasteiger partial charge in [-0.2, -0.15) is 0 Å². The lowest BCUT2D eigenvalue weighted by molar-refractivity contribution is -0.178. The molecule has 2 heterocycles. The van der Waals surface area contributed by atoms with Crippen molar-refractivity contribution in [1.29, 1.82) is 0 Å². The number of thiophene rings is 1. The molecule has 4 aromatic rings. The first-order valence-corrected chi connectivity index (χ1v) is 21.2. The summed E-state index contributed by atoms with van der Waals surface area (Å²) in [6.45, 7) is 6.10. The highest BCUT2D eigenvalue weighted by Crippen LogP contribution is 2.78. The zero-order chi connectivity index (χ0) is 37.1. The predicted octanol–water partition coefficient (Wildman–Crippen LogP) is 9.08. The Balaban J connectivity index is 1.05. The molecule has 4 fully saturated rings. The van der Waals surface area contributed by atoms with Crippen molar-refractivity contribution in [1.82, 2.24) is 4.90 Å². The van der Waals surface area contributed by atoms with Crippen LogP contribution in [0.1, 0.15) is 92.4 Å². The summed E-state index contributed by atoms with van der Waals surface area (Å²) in [5, 5.41) is 38.5. The van der Waals surface area contributed by atoms with Crippen molar-refractivity contribution in [3.63, 3.8) is 0 Å². The van der Waals surface area contributed by atoms with Crippen molar-refractivity contribution < 1.29 is 20.1 Å². The number of allylic oxidation sites excluding steroid dienone is 4. The SMILES string of the molecule is C[C@]12CC[C@H]3[C@]4(C=C[C@@]5(C=C4C(=O)c4cc6ccccc6s4)CC(O)CC[C@]35C)[C@@H]1CC[C@@]2(O)CN1CCC[C@@H]1C(O)(c1ccccc1)c1ccccc1. The molecule has 54 heavy (non-hydrogen) atoms. The van der Waals surface area contributed by atoms with Crippen molar-refractivity contribution in [2.24, 2.45) is 33.5 Å². The summed E-state index contributed by atoms with van der Waals surface area (Å²) in [7, 11) is 0. The molecule has 1 saturated heterocycles. The highest BCUT2D eigenvalue weighted by atomic mass is 32.1. The average molecular weight is 740 g/mol. The van der Waals surface area contributed by atoms with Crippen LogP contribution in [0.2, 0.25) is 0 Å². The molecule has 2 spiro atoms. The Morgan fingerprint density at radius 3 is 2.20 bits per heavy atom. The number of carbonyl (C=O) groups is 1. The van der Waals surface area contributed by atoms with E-state index >= 15 is 4.79 Å². The number of hydrogen-bond donors (Lipinski definition) is 3. The Bertz CT molecular complexity index is 2110. The first-order chi connectivity index (χ1) is 26.0. The third-order valence-electron chi connectivity index (χ3n) is 16.3. The zero-order valence-electron chi connectivity index (χ0n) is 31.6. The molecule has 2 bridgehead atoms. The lowest BCUT2D eigenvalue weighted by atomic mass is 9.32. The normalized spacial score (nSPS) is 38.6. The molecule has 6 aliphatic carbocycles. The molecule has 6 heteroatoms. The van der Waals surface area contributed by atoms with Crippen LogP contribution in [0.5, 0.6) is 0 Å². The molecular formula is C48H53NO4S. The fraction of sp³-hybridized carbons (Fsp3) is 0.479. The third-order valence-corrected chi connectivity index (χ3v) is 17.5. The van der Waals surface area contributed by atoms with Crippen LogP contribution in [0.25, 0.3) is 10.1 Å². The van der Waals surface area contributed by atoms with Gasteiger partial charge in [0.05, 0.1) is 16.6 Å². The Morgan fingerprint density at radius 2 is 1.48 bits per heavy atom. The topological polar surface area (TPSA) is 81.0 Å². The van der Waals surface area contributed by atoms with Crippen LogP contribution >= 0.6 is 11.3 Å². The minimum atomic E-state index is -1.23. The van der Waals surface area contributed by atoms with Crippen molar-refractivity contribution >= 4 is 27.2 Å². The molecule has 1 unspecified atom stereocenters. The smallest absolute Gasteiger partial charge is 0.199 e. The lowest BCUT2D eigenvalue weighted by Gasteiger charge is -2.71. The minimum Gasteiger partial charge on any atom is -0.393 e. The summed E-state index contributed by atoms with van der Waals surface area (Å²) < 4.78 is 1.12. The summed E-state index contributed by atoms with van der Waals surface area (Å²) in [6, 6.07) is 30.3. The molecule has 0 radical (unpaired) electrons. The lowest BCUT2D eigenvalue weighted by Crippen LogP contribution is -2.67. The van der Waals surface area contributed by atoms with E-state index in [9.17, 15) is 15.3 Å². The molecule has 11 rings (SSSR count). The minimum absolute atomic E-state index is 0.0745. The number of aliphatic hydroxyl groups excluding tert-OH is 1. The molecule has 0 amide bonds. The Labute approximate surface area is 323 Å². The van der Waals surface area contributed by atoms with Crippen molar-refractivity contribution in [2.75, 3.05) is 13.1 Å². The van der Waals surface area contributed by atoms with Crippen LogP contribution in [0, 0.1) is 33.5 Å². The molecule has 7 aliphatic rings. The molecule has 9 atom stereocenters. The number of β-amino-alcohol motifs (C(OH)–C–C–N with tert-alkyl or cyclic N) is 1. The average Bonchev–Trinajstić information content (AvgIpc) is 3.91. The van der Waals surface area contributed by atoms with Crippen LogP contribution in [0.3, 0.4) is 0 Å². The van der Waals surface area contributed by atoms with Gasteiger partial charge in [0.25, 0.3) is 0 Å². The van der Waals surface area contributed by atoms with Crippen LogP contribution < -0.4 is 0 Å². The van der Waals surface area contributed by atoms with Gasteiger partial charge in [-0.25, -0.2) is 0 Å². The molecule has 3 aromatic carbocycles. The van der Waals surface area contributed by atoms with Crippen molar-refractivity contribution in [2.45, 2.75) is 95.0 Å². The number of benzene rings is 3. The summed E-state index contributed by atoms with van der Waals surface area (Å²) in [5.41, 5.74) is -0.919. The van der Waals surface area contributed by atoms with E-state index in [1.807, 2.05) is 72.8 Å². The quantitative estimate of drug-likeness (QED) is 0.130. The maximum atomic E-state index is 15.2. The number of fused-ring (bicyclic) bond motifs is 2. The second kappa shape index (κ2) is 12.1. The van der Waals surface area contributed by atoms with E-state index in [0.29, 0.717) is 19.4 Å². The predicted molar refractivity (Wildman–Crippen MR) is 215 cm³/mol. The number of likely N-dealkylation sites (tertiary alicyclic amines) is 1. The van der Waals surface area contributed by atoms with Crippen molar-refractivity contribution in [3.8, 4) is 0 Å². The third kappa shape index (κ3) is 4.55. The molecule has 3 saturated carbocycles. The number of ketones is 1. The van der Waals surface area contributed by atoms with Crippen LogP contribution in [-0.4, -0.2) is 56.8 Å². The summed E-state index contributed by atoms with van der Waals surface area (Å²) in [6.07, 6.45) is 14.3. The van der Waals surface area contributed by atoms with Crippen molar-refractivity contribution in [3.05, 3.63) is 131 Å². The van der Waals surface area contributed by atoms with E-state index in [4.69, 9.17) is 0 Å². The Kier molecular flexibility index (Phi) is 7.83. The van der Waals surface area contributed by atoms with E-state index in [0.717, 1.165) is 83.2 Å². The summed E-state index contributed by atoms with van der Waals surface area (Å²) in [4.78, 5) is 18.4. The number of Topliss-reactive ketones (excluding diaryl/α,β-unsaturated/α-hetero) is 1. The molecule has 1 aromatic heterocycles. The van der Waals surface area contributed by atoms with Gasteiger partial charge in [-0.15, -0.1) is 11.3 Å². The van der Waals surface area contributed by atoms with Gasteiger partial charge < -0.3 is 15.3 Å². The van der Waals surface area contributed by atoms with Gasteiger partial charge in [0.15, 0.2) is 5.78 Å². The van der Waals surface area contributed by atoms with Gasteiger partial charge in [0, 0.05) is 39.1 Å². The van der Waals surface area contributed by atoms with E-state index in [1.165, 1.54) is 0 Å². The Hall–Kier alpha value is -3.39. The monoisotopic (exact) mass is 739 g/mol. The standard InChI is InChI=1S/C48H53NO4S/c1-43-22-19-35(50)29-45(43)25-26-47(36(30-45)42(51)38-28-32-12-9-10-17-37(32)54-38)39(43)20-23-44(2)40(47)21-24-46(44,52)31-49-27-11-18-41(49)48(53,33-13-5-3-6-14-33)34-15-7-4-8-16-34/h3-10,12-17,25-26,28,30,35,39-41,50,52-53H,11,18-24,27,29,31H2,1-2H3/t35?,39-,40-,41-,43-,44+,45+,46-,47-/m1/s1. The summed E-state index contributed by atoms with van der Waals surface area (Å²) >= 11 is 1.59. The van der Waals surface area contributed by atoms with Gasteiger partial charge in [0.2, 0.25) is 0 Å². The highest BCUT2D eigenvalue weighted by Gasteiger charge is 2.74. The fourth-order valence-electron chi connectivity index (χ4n) is 13.6. The first-order valence-electron chi connectivity index (χ1n) is 20.4. The van der Waals surface area contributed by atoms with Gasteiger partial charge in [-0.1, -0.05) is 111 Å². The Morgan fingerprint density at radius 1 is 0.833 bits per heavy atom. The van der Waals surface area contributed by atoms with Gasteiger partial charge in [0.1, 0.15) is 5.60 Å². The second-order valence-corrected chi connectivity index (χ2v) is 19.5. The van der Waals surface area contributed by atoms with Gasteiger partial charge in [-0.3, -0.25) is 9.69 Å². The molecule has 5 nitrogen and oxygen atoms in total. The molecule has 3 N–H and O–H groups in total.